The Kier molecular flexibility index (Phi) is 5.68. The fourth-order valence-corrected chi connectivity index (χ4v) is 2.31. The number of hydrogen-bond donors (Lipinski definition) is 1. The minimum atomic E-state index is -0.492. The molecule has 0 amide bonds. The summed E-state index contributed by atoms with van der Waals surface area (Å²) in [6, 6.07) is 5.72. The maximum Gasteiger partial charge on any atom is 0.161 e. The molecule has 0 spiro atoms. The van der Waals surface area contributed by atoms with E-state index in [-0.39, 0.29) is 0 Å². The lowest BCUT2D eigenvalue weighted by Crippen LogP contribution is -2.25. The number of benzene rings is 1. The molecule has 0 radical (unpaired) electrons. The number of fused-ring (bicyclic) bond motifs is 1. The van der Waals surface area contributed by atoms with Gasteiger partial charge in [0.05, 0.1) is 19.3 Å². The highest BCUT2D eigenvalue weighted by molar-refractivity contribution is 5.44. The lowest BCUT2D eigenvalue weighted by molar-refractivity contribution is 0.126. The highest BCUT2D eigenvalue weighted by Gasteiger charge is 2.15. The molecular weight excluding hydrogens is 254 g/mol. The average molecular weight is 279 g/mol. The first-order chi connectivity index (χ1) is 9.70. The second-order valence-corrected chi connectivity index (χ2v) is 5.39. The van der Waals surface area contributed by atoms with E-state index in [2.05, 4.69) is 11.8 Å². The maximum absolute atomic E-state index is 10.3. The standard InChI is InChI=1S/C16H25NO3/c1-3-4-8-17(2)12-14(18)13-6-7-15-16(11-13)20-10-5-9-19-15/h6-7,11,14,18H,3-5,8-10,12H2,1-2H3. The van der Waals surface area contributed by atoms with Crippen molar-refractivity contribution in [2.75, 3.05) is 33.4 Å². The van der Waals surface area contributed by atoms with Gasteiger partial charge in [-0.15, -0.1) is 0 Å². The number of unbranched alkanes of at least 4 members (excludes halogenated alkanes) is 1. The zero-order valence-corrected chi connectivity index (χ0v) is 12.5. The van der Waals surface area contributed by atoms with Crippen molar-refractivity contribution >= 4 is 0 Å². The Hall–Kier alpha value is -1.26. The van der Waals surface area contributed by atoms with Crippen LogP contribution in [0.4, 0.5) is 0 Å². The van der Waals surface area contributed by atoms with Gasteiger partial charge in [-0.2, -0.15) is 0 Å². The summed E-state index contributed by atoms with van der Waals surface area (Å²) in [6.07, 6.45) is 2.73. The maximum atomic E-state index is 10.3. The molecule has 0 saturated carbocycles. The number of nitrogens with zero attached hydrogens (tertiary/aromatic N) is 1. The molecule has 1 aliphatic rings. The van der Waals surface area contributed by atoms with Crippen LogP contribution in [0.15, 0.2) is 18.2 Å². The van der Waals surface area contributed by atoms with E-state index >= 15 is 0 Å². The molecule has 4 nitrogen and oxygen atoms in total. The molecule has 4 heteroatoms. The summed E-state index contributed by atoms with van der Waals surface area (Å²) < 4.78 is 11.3. The van der Waals surface area contributed by atoms with E-state index in [1.165, 1.54) is 6.42 Å². The molecule has 1 unspecified atom stereocenters. The first-order valence-electron chi connectivity index (χ1n) is 7.47. The highest BCUT2D eigenvalue weighted by atomic mass is 16.5. The highest BCUT2D eigenvalue weighted by Crippen LogP contribution is 2.32. The molecule has 1 aromatic rings. The molecule has 0 bridgehead atoms. The van der Waals surface area contributed by atoms with Crippen molar-refractivity contribution in [3.8, 4) is 11.5 Å². The Bertz CT molecular complexity index is 422. The van der Waals surface area contributed by atoms with Crippen molar-refractivity contribution in [3.63, 3.8) is 0 Å². The van der Waals surface area contributed by atoms with E-state index < -0.39 is 6.10 Å². The van der Waals surface area contributed by atoms with Crippen molar-refractivity contribution in [1.29, 1.82) is 0 Å². The quantitative estimate of drug-likeness (QED) is 0.869. The number of aliphatic hydroxyl groups is 1. The molecular formula is C16H25NO3. The Labute approximate surface area is 121 Å². The Morgan fingerprint density at radius 3 is 2.75 bits per heavy atom. The minimum Gasteiger partial charge on any atom is -0.490 e. The van der Waals surface area contributed by atoms with Crippen molar-refractivity contribution < 1.29 is 14.6 Å². The van der Waals surface area contributed by atoms with E-state index in [0.29, 0.717) is 19.8 Å². The van der Waals surface area contributed by atoms with Crippen molar-refractivity contribution in [2.24, 2.45) is 0 Å². The number of hydrogen-bond acceptors (Lipinski definition) is 4. The number of ether oxygens (including phenoxy) is 2. The molecule has 2 rings (SSSR count). The summed E-state index contributed by atoms with van der Waals surface area (Å²) in [5, 5.41) is 10.3. The minimum absolute atomic E-state index is 0.492. The van der Waals surface area contributed by atoms with E-state index in [1.807, 2.05) is 25.2 Å². The first kappa shape index (κ1) is 15.1. The predicted molar refractivity (Wildman–Crippen MR) is 79.4 cm³/mol. The van der Waals surface area contributed by atoms with E-state index in [4.69, 9.17) is 9.47 Å². The van der Waals surface area contributed by atoms with Crippen LogP contribution in [0.5, 0.6) is 11.5 Å². The van der Waals surface area contributed by atoms with Crippen LogP contribution in [0.25, 0.3) is 0 Å². The fourth-order valence-electron chi connectivity index (χ4n) is 2.31. The summed E-state index contributed by atoms with van der Waals surface area (Å²) in [7, 11) is 2.04. The van der Waals surface area contributed by atoms with E-state index in [9.17, 15) is 5.11 Å². The normalized spacial score (nSPS) is 16.0. The topological polar surface area (TPSA) is 41.9 Å². The van der Waals surface area contributed by atoms with Gasteiger partial charge in [0.25, 0.3) is 0 Å². The van der Waals surface area contributed by atoms with Gasteiger partial charge in [-0.3, -0.25) is 0 Å². The molecule has 0 fully saturated rings. The molecule has 1 N–H and O–H groups in total. The molecule has 112 valence electrons. The van der Waals surface area contributed by atoms with Crippen LogP contribution in [-0.2, 0) is 0 Å². The third-order valence-corrected chi connectivity index (χ3v) is 3.53. The van der Waals surface area contributed by atoms with Gasteiger partial charge in [-0.25, -0.2) is 0 Å². The lowest BCUT2D eigenvalue weighted by Gasteiger charge is -2.21. The number of aliphatic hydroxyl groups excluding tert-OH is 1. The molecule has 1 aliphatic heterocycles. The van der Waals surface area contributed by atoms with Gasteiger partial charge < -0.3 is 19.5 Å². The zero-order valence-electron chi connectivity index (χ0n) is 12.5. The largest absolute Gasteiger partial charge is 0.490 e. The SMILES string of the molecule is CCCCN(C)CC(O)c1ccc2c(c1)OCCCO2. The van der Waals surface area contributed by atoms with Crippen LogP contribution in [0.1, 0.15) is 37.9 Å². The first-order valence-corrected chi connectivity index (χ1v) is 7.47. The van der Waals surface area contributed by atoms with Crippen LogP contribution in [0.3, 0.4) is 0 Å². The van der Waals surface area contributed by atoms with Crippen molar-refractivity contribution in [3.05, 3.63) is 23.8 Å². The predicted octanol–water partition coefficient (Wildman–Crippen LogP) is 2.61. The summed E-state index contributed by atoms with van der Waals surface area (Å²) in [5.41, 5.74) is 0.887. The van der Waals surface area contributed by atoms with Gasteiger partial charge in [0, 0.05) is 13.0 Å². The lowest BCUT2D eigenvalue weighted by atomic mass is 10.1. The summed E-state index contributed by atoms with van der Waals surface area (Å²) in [6.45, 7) is 5.18. The van der Waals surface area contributed by atoms with Crippen LogP contribution >= 0.6 is 0 Å². The molecule has 0 aromatic heterocycles. The van der Waals surface area contributed by atoms with Crippen molar-refractivity contribution in [1.82, 2.24) is 4.90 Å². The summed E-state index contributed by atoms with van der Waals surface area (Å²) >= 11 is 0. The van der Waals surface area contributed by atoms with Gasteiger partial charge >= 0.3 is 0 Å². The second kappa shape index (κ2) is 7.50. The van der Waals surface area contributed by atoms with Crippen LogP contribution in [0, 0.1) is 0 Å². The Morgan fingerprint density at radius 1 is 1.25 bits per heavy atom. The smallest absolute Gasteiger partial charge is 0.161 e. The average Bonchev–Trinajstić information content (AvgIpc) is 2.69. The molecule has 0 aliphatic carbocycles. The monoisotopic (exact) mass is 279 g/mol. The third kappa shape index (κ3) is 4.12. The molecule has 0 saturated heterocycles. The Morgan fingerprint density at radius 2 is 2.00 bits per heavy atom. The van der Waals surface area contributed by atoms with Gasteiger partial charge in [-0.05, 0) is 37.7 Å². The van der Waals surface area contributed by atoms with Crippen LogP contribution < -0.4 is 9.47 Å². The second-order valence-electron chi connectivity index (χ2n) is 5.39. The van der Waals surface area contributed by atoms with E-state index in [0.717, 1.165) is 36.4 Å². The fraction of sp³-hybridized carbons (Fsp3) is 0.625. The van der Waals surface area contributed by atoms with Crippen molar-refractivity contribution in [2.45, 2.75) is 32.3 Å². The summed E-state index contributed by atoms with van der Waals surface area (Å²) in [4.78, 5) is 2.16. The van der Waals surface area contributed by atoms with Crippen LogP contribution in [0.2, 0.25) is 0 Å². The van der Waals surface area contributed by atoms with Gasteiger partial charge in [0.15, 0.2) is 11.5 Å². The third-order valence-electron chi connectivity index (χ3n) is 3.53. The van der Waals surface area contributed by atoms with Gasteiger partial charge in [-0.1, -0.05) is 19.4 Å². The van der Waals surface area contributed by atoms with Gasteiger partial charge in [0.1, 0.15) is 0 Å². The van der Waals surface area contributed by atoms with E-state index in [1.54, 1.807) is 0 Å². The number of rotatable bonds is 6. The van der Waals surface area contributed by atoms with Crippen LogP contribution in [-0.4, -0.2) is 43.4 Å². The zero-order chi connectivity index (χ0) is 14.4. The molecule has 1 heterocycles. The molecule has 1 atom stereocenters. The van der Waals surface area contributed by atoms with Gasteiger partial charge in [0.2, 0.25) is 0 Å². The molecule has 20 heavy (non-hydrogen) atoms. The number of likely N-dealkylation sites (N-methyl/N-ethyl adjacent to an activating group) is 1. The summed E-state index contributed by atoms with van der Waals surface area (Å²) in [5.74, 6) is 1.52. The Balaban J connectivity index is 1.99. The molecule has 1 aromatic carbocycles.